The minimum atomic E-state index is 0.0588. The number of aryl methyl sites for hydroxylation is 1. The first-order valence-corrected chi connectivity index (χ1v) is 9.32. The van der Waals surface area contributed by atoms with Crippen molar-refractivity contribution in [1.29, 1.82) is 0 Å². The normalized spacial score (nSPS) is 19.1. The number of phenols is 2. The van der Waals surface area contributed by atoms with Crippen LogP contribution in [-0.4, -0.2) is 23.4 Å². The number of rotatable bonds is 2. The third-order valence-corrected chi connectivity index (χ3v) is 5.51. The SMILES string of the molecule is COc1cc(C)cc2ccc(-c3ccc4c(c3O)C(C)NC(C)C4)c(O)c12. The van der Waals surface area contributed by atoms with Gasteiger partial charge in [-0.15, -0.1) is 0 Å². The zero-order chi connectivity index (χ0) is 19.3. The smallest absolute Gasteiger partial charge is 0.135 e. The van der Waals surface area contributed by atoms with Gasteiger partial charge in [-0.1, -0.05) is 24.3 Å². The number of nitrogens with one attached hydrogen (secondary N) is 1. The predicted octanol–water partition coefficient (Wildman–Crippen LogP) is 4.83. The maximum atomic E-state index is 11.0. The van der Waals surface area contributed by atoms with Gasteiger partial charge in [0.05, 0.1) is 12.5 Å². The van der Waals surface area contributed by atoms with Gasteiger partial charge < -0.3 is 20.3 Å². The number of phenolic OH excluding ortho intramolecular Hbond substituents is 2. The van der Waals surface area contributed by atoms with Crippen LogP contribution in [-0.2, 0) is 6.42 Å². The van der Waals surface area contributed by atoms with E-state index < -0.39 is 0 Å². The van der Waals surface area contributed by atoms with E-state index in [9.17, 15) is 10.2 Å². The van der Waals surface area contributed by atoms with E-state index in [1.807, 2.05) is 37.3 Å². The molecule has 4 heteroatoms. The molecule has 27 heavy (non-hydrogen) atoms. The summed E-state index contributed by atoms with van der Waals surface area (Å²) >= 11 is 0. The molecule has 4 nitrogen and oxygen atoms in total. The first-order chi connectivity index (χ1) is 12.9. The molecule has 0 aromatic heterocycles. The molecule has 0 bridgehead atoms. The van der Waals surface area contributed by atoms with Crippen LogP contribution < -0.4 is 10.1 Å². The average Bonchev–Trinajstić information content (AvgIpc) is 2.61. The highest BCUT2D eigenvalue weighted by atomic mass is 16.5. The van der Waals surface area contributed by atoms with E-state index in [4.69, 9.17) is 4.74 Å². The lowest BCUT2D eigenvalue weighted by atomic mass is 9.87. The van der Waals surface area contributed by atoms with Gasteiger partial charge in [0, 0.05) is 28.8 Å². The minimum absolute atomic E-state index is 0.0588. The third-order valence-electron chi connectivity index (χ3n) is 5.51. The van der Waals surface area contributed by atoms with Gasteiger partial charge in [0.1, 0.15) is 17.2 Å². The van der Waals surface area contributed by atoms with Gasteiger partial charge in [-0.25, -0.2) is 0 Å². The lowest BCUT2D eigenvalue weighted by Crippen LogP contribution is -2.35. The van der Waals surface area contributed by atoms with Crippen LogP contribution in [0, 0.1) is 6.92 Å². The third kappa shape index (κ3) is 2.81. The standard InChI is InChI=1S/C23H25NO3/c1-12-9-15-5-7-18(23(26)21(15)19(10-12)27-4)17-8-6-16-11-13(2)24-14(3)20(16)22(17)25/h5-10,13-14,24-26H,11H2,1-4H3. The van der Waals surface area contributed by atoms with E-state index in [0.717, 1.165) is 28.5 Å². The lowest BCUT2D eigenvalue weighted by Gasteiger charge is -2.30. The molecule has 0 aliphatic carbocycles. The van der Waals surface area contributed by atoms with Crippen LogP contribution >= 0.6 is 0 Å². The highest BCUT2D eigenvalue weighted by Crippen LogP contribution is 2.46. The molecule has 0 radical (unpaired) electrons. The topological polar surface area (TPSA) is 61.7 Å². The number of fused-ring (bicyclic) bond motifs is 2. The Hall–Kier alpha value is -2.72. The Morgan fingerprint density at radius 1 is 1.00 bits per heavy atom. The molecule has 1 heterocycles. The molecule has 2 unspecified atom stereocenters. The van der Waals surface area contributed by atoms with Crippen LogP contribution in [0.3, 0.4) is 0 Å². The molecule has 2 atom stereocenters. The maximum absolute atomic E-state index is 11.0. The van der Waals surface area contributed by atoms with E-state index in [0.29, 0.717) is 28.3 Å². The Labute approximate surface area is 159 Å². The van der Waals surface area contributed by atoms with E-state index in [-0.39, 0.29) is 17.5 Å². The number of methoxy groups -OCH3 is 1. The summed E-state index contributed by atoms with van der Waals surface area (Å²) in [5, 5.41) is 27.1. The molecule has 4 rings (SSSR count). The molecule has 3 N–H and O–H groups in total. The van der Waals surface area contributed by atoms with E-state index in [2.05, 4.69) is 25.2 Å². The number of ether oxygens (including phenoxy) is 1. The summed E-state index contributed by atoms with van der Waals surface area (Å²) in [6, 6.07) is 12.1. The van der Waals surface area contributed by atoms with Crippen molar-refractivity contribution in [3.63, 3.8) is 0 Å². The highest BCUT2D eigenvalue weighted by molar-refractivity contribution is 6.00. The van der Waals surface area contributed by atoms with Crippen LogP contribution in [0.15, 0.2) is 36.4 Å². The second kappa shape index (κ2) is 6.46. The van der Waals surface area contributed by atoms with Gasteiger partial charge in [0.25, 0.3) is 0 Å². The van der Waals surface area contributed by atoms with Crippen molar-refractivity contribution in [3.8, 4) is 28.4 Å². The van der Waals surface area contributed by atoms with Gasteiger partial charge in [0.2, 0.25) is 0 Å². The van der Waals surface area contributed by atoms with Crippen LogP contribution in [0.5, 0.6) is 17.2 Å². The summed E-state index contributed by atoms with van der Waals surface area (Å²) in [4.78, 5) is 0. The number of aromatic hydroxyl groups is 2. The van der Waals surface area contributed by atoms with Gasteiger partial charge in [0.15, 0.2) is 0 Å². The molecule has 0 saturated heterocycles. The van der Waals surface area contributed by atoms with Crippen molar-refractivity contribution in [1.82, 2.24) is 5.32 Å². The Kier molecular flexibility index (Phi) is 4.23. The summed E-state index contributed by atoms with van der Waals surface area (Å²) < 4.78 is 5.50. The molecule has 1 aliphatic rings. The van der Waals surface area contributed by atoms with E-state index in [1.54, 1.807) is 7.11 Å². The van der Waals surface area contributed by atoms with Crippen LogP contribution in [0.2, 0.25) is 0 Å². The molecule has 0 saturated carbocycles. The fraction of sp³-hybridized carbons (Fsp3) is 0.304. The van der Waals surface area contributed by atoms with Gasteiger partial charge in [-0.05, 0) is 55.8 Å². The second-order valence-electron chi connectivity index (χ2n) is 7.56. The molecular formula is C23H25NO3. The molecule has 3 aromatic rings. The molecular weight excluding hydrogens is 338 g/mol. The van der Waals surface area contributed by atoms with Crippen molar-refractivity contribution < 1.29 is 14.9 Å². The first kappa shape index (κ1) is 17.7. The van der Waals surface area contributed by atoms with Crippen LogP contribution in [0.1, 0.15) is 36.6 Å². The number of hydrogen-bond acceptors (Lipinski definition) is 4. The fourth-order valence-corrected chi connectivity index (χ4v) is 4.36. The molecule has 0 spiro atoms. The summed E-state index contributed by atoms with van der Waals surface area (Å²) in [6.45, 7) is 6.20. The Morgan fingerprint density at radius 2 is 1.70 bits per heavy atom. The van der Waals surface area contributed by atoms with Crippen molar-refractivity contribution in [3.05, 3.63) is 53.1 Å². The minimum Gasteiger partial charge on any atom is -0.507 e. The Balaban J connectivity index is 1.95. The monoisotopic (exact) mass is 363 g/mol. The zero-order valence-corrected chi connectivity index (χ0v) is 16.1. The van der Waals surface area contributed by atoms with Crippen molar-refractivity contribution in [2.24, 2.45) is 0 Å². The highest BCUT2D eigenvalue weighted by Gasteiger charge is 2.26. The van der Waals surface area contributed by atoms with E-state index >= 15 is 0 Å². The first-order valence-electron chi connectivity index (χ1n) is 9.32. The summed E-state index contributed by atoms with van der Waals surface area (Å²) in [5.41, 5.74) is 4.39. The molecule has 1 aliphatic heterocycles. The molecule has 3 aromatic carbocycles. The molecule has 140 valence electrons. The van der Waals surface area contributed by atoms with Gasteiger partial charge in [-0.3, -0.25) is 0 Å². The van der Waals surface area contributed by atoms with Gasteiger partial charge >= 0.3 is 0 Å². The Morgan fingerprint density at radius 3 is 2.44 bits per heavy atom. The largest absolute Gasteiger partial charge is 0.507 e. The van der Waals surface area contributed by atoms with Crippen LogP contribution in [0.25, 0.3) is 21.9 Å². The maximum Gasteiger partial charge on any atom is 0.135 e. The number of benzene rings is 3. The number of hydrogen-bond donors (Lipinski definition) is 3. The van der Waals surface area contributed by atoms with Gasteiger partial charge in [-0.2, -0.15) is 0 Å². The average molecular weight is 363 g/mol. The molecule has 0 amide bonds. The summed E-state index contributed by atoms with van der Waals surface area (Å²) in [6.07, 6.45) is 0.879. The van der Waals surface area contributed by atoms with Crippen molar-refractivity contribution in [2.45, 2.75) is 39.3 Å². The Bertz CT molecular complexity index is 1040. The fourth-order valence-electron chi connectivity index (χ4n) is 4.36. The van der Waals surface area contributed by atoms with Crippen molar-refractivity contribution >= 4 is 10.8 Å². The zero-order valence-electron chi connectivity index (χ0n) is 16.1. The summed E-state index contributed by atoms with van der Waals surface area (Å²) in [5.74, 6) is 0.996. The molecule has 0 fully saturated rings. The van der Waals surface area contributed by atoms with Crippen molar-refractivity contribution in [2.75, 3.05) is 7.11 Å². The lowest BCUT2D eigenvalue weighted by molar-refractivity contribution is 0.409. The van der Waals surface area contributed by atoms with E-state index in [1.165, 1.54) is 0 Å². The van der Waals surface area contributed by atoms with Crippen LogP contribution in [0.4, 0.5) is 0 Å². The second-order valence-corrected chi connectivity index (χ2v) is 7.56. The quantitative estimate of drug-likeness (QED) is 0.610. The summed E-state index contributed by atoms with van der Waals surface area (Å²) in [7, 11) is 1.60. The predicted molar refractivity (Wildman–Crippen MR) is 109 cm³/mol.